The lowest BCUT2D eigenvalue weighted by Gasteiger charge is -2.32. The van der Waals surface area contributed by atoms with Gasteiger partial charge < -0.3 is 10.2 Å². The van der Waals surface area contributed by atoms with Crippen molar-refractivity contribution in [3.8, 4) is 0 Å². The monoisotopic (exact) mass is 541 g/mol. The lowest BCUT2D eigenvalue weighted by molar-refractivity contribution is -0.139. The third-order valence-electron chi connectivity index (χ3n) is 6.03. The number of benzene rings is 2. The number of nitrogens with one attached hydrogen (secondary N) is 1. The fourth-order valence-electron chi connectivity index (χ4n) is 3.48. The van der Waals surface area contributed by atoms with Crippen molar-refractivity contribution < 1.29 is 18.0 Å². The second-order valence-corrected chi connectivity index (χ2v) is 11.5. The molecule has 0 radical (unpaired) electrons. The normalized spacial score (nSPS) is 13.1. The van der Waals surface area contributed by atoms with Crippen LogP contribution in [0.15, 0.2) is 36.4 Å². The molecule has 1 N–H and O–H groups in total. The van der Waals surface area contributed by atoms with Crippen LogP contribution in [0.2, 0.25) is 10.0 Å². The Balaban J connectivity index is 2.45. The summed E-state index contributed by atoms with van der Waals surface area (Å²) in [5.41, 5.74) is 2.74. The van der Waals surface area contributed by atoms with E-state index in [0.717, 1.165) is 28.1 Å². The molecule has 0 aliphatic heterocycles. The van der Waals surface area contributed by atoms with Gasteiger partial charge in [0.15, 0.2) is 0 Å². The number of halogens is 2. The molecule has 0 saturated heterocycles. The minimum Gasteiger partial charge on any atom is -0.352 e. The molecule has 2 aromatic rings. The minimum absolute atomic E-state index is 0.0508. The van der Waals surface area contributed by atoms with Gasteiger partial charge in [0.05, 0.1) is 22.0 Å². The van der Waals surface area contributed by atoms with E-state index >= 15 is 0 Å². The lowest BCUT2D eigenvalue weighted by atomic mass is 10.1. The quantitative estimate of drug-likeness (QED) is 0.471. The first-order chi connectivity index (χ1) is 16.3. The summed E-state index contributed by atoms with van der Waals surface area (Å²) in [5.74, 6) is -0.848. The molecular formula is C25H33Cl2N3O4S. The van der Waals surface area contributed by atoms with E-state index in [1.54, 1.807) is 37.3 Å². The molecule has 7 nitrogen and oxygen atoms in total. The van der Waals surface area contributed by atoms with E-state index in [1.165, 1.54) is 4.90 Å². The highest BCUT2D eigenvalue weighted by atomic mass is 35.5. The number of carbonyl (C=O) groups is 2. The summed E-state index contributed by atoms with van der Waals surface area (Å²) in [5, 5.41) is 3.58. The van der Waals surface area contributed by atoms with Crippen LogP contribution in [0.3, 0.4) is 0 Å². The zero-order chi connectivity index (χ0) is 26.5. The van der Waals surface area contributed by atoms with E-state index in [0.29, 0.717) is 21.3 Å². The zero-order valence-corrected chi connectivity index (χ0v) is 23.3. The molecule has 0 spiro atoms. The van der Waals surface area contributed by atoms with E-state index in [4.69, 9.17) is 23.2 Å². The topological polar surface area (TPSA) is 86.8 Å². The van der Waals surface area contributed by atoms with Gasteiger partial charge in [-0.15, -0.1) is 0 Å². The first-order valence-electron chi connectivity index (χ1n) is 11.3. The standard InChI is InChI=1S/C25H33Cl2N3O4S/c1-7-17(3)28-25(32)19(5)29(14-20-11-12-21(26)22(27)13-20)24(31)15-30(35(6,33)34)23-10-8-9-16(2)18(23)4/h8-13,17,19H,7,14-15H2,1-6H3,(H,28,32). The molecule has 2 rings (SSSR count). The molecule has 0 saturated carbocycles. The second-order valence-electron chi connectivity index (χ2n) is 8.75. The highest BCUT2D eigenvalue weighted by Gasteiger charge is 2.31. The first kappa shape index (κ1) is 28.9. The van der Waals surface area contributed by atoms with Gasteiger partial charge >= 0.3 is 0 Å². The van der Waals surface area contributed by atoms with E-state index in [9.17, 15) is 18.0 Å². The molecule has 2 atom stereocenters. The second kappa shape index (κ2) is 12.1. The Bertz CT molecular complexity index is 1190. The fourth-order valence-corrected chi connectivity index (χ4v) is 4.70. The molecular weight excluding hydrogens is 509 g/mol. The summed E-state index contributed by atoms with van der Waals surface area (Å²) >= 11 is 12.2. The van der Waals surface area contributed by atoms with Gasteiger partial charge in [-0.2, -0.15) is 0 Å². The molecule has 0 bridgehead atoms. The maximum atomic E-state index is 13.6. The molecule has 2 unspecified atom stereocenters. The van der Waals surface area contributed by atoms with Crippen molar-refractivity contribution in [2.24, 2.45) is 0 Å². The van der Waals surface area contributed by atoms with Crippen molar-refractivity contribution >= 4 is 50.7 Å². The van der Waals surface area contributed by atoms with Crippen LogP contribution in [0.25, 0.3) is 0 Å². The average molecular weight is 543 g/mol. The predicted octanol–water partition coefficient (Wildman–Crippen LogP) is 4.71. The number of sulfonamides is 1. The van der Waals surface area contributed by atoms with Gasteiger partial charge in [-0.05, 0) is 69.0 Å². The van der Waals surface area contributed by atoms with Crippen molar-refractivity contribution in [1.29, 1.82) is 0 Å². The van der Waals surface area contributed by atoms with Crippen LogP contribution in [-0.4, -0.2) is 50.0 Å². The molecule has 10 heteroatoms. The third-order valence-corrected chi connectivity index (χ3v) is 7.89. The number of rotatable bonds is 10. The van der Waals surface area contributed by atoms with E-state index < -0.39 is 28.5 Å². The highest BCUT2D eigenvalue weighted by Crippen LogP contribution is 2.26. The van der Waals surface area contributed by atoms with Crippen LogP contribution in [-0.2, 0) is 26.2 Å². The molecule has 0 aliphatic rings. The molecule has 0 fully saturated rings. The lowest BCUT2D eigenvalue weighted by Crippen LogP contribution is -2.52. The van der Waals surface area contributed by atoms with E-state index in [1.807, 2.05) is 33.8 Å². The molecule has 192 valence electrons. The van der Waals surface area contributed by atoms with Crippen molar-refractivity contribution in [3.05, 3.63) is 63.1 Å². The molecule has 0 aliphatic carbocycles. The molecule has 35 heavy (non-hydrogen) atoms. The molecule has 2 aromatic carbocycles. The molecule has 2 amide bonds. The van der Waals surface area contributed by atoms with Crippen LogP contribution in [0.4, 0.5) is 5.69 Å². The van der Waals surface area contributed by atoms with Crippen LogP contribution < -0.4 is 9.62 Å². The maximum absolute atomic E-state index is 13.6. The summed E-state index contributed by atoms with van der Waals surface area (Å²) in [6.07, 6.45) is 1.79. The van der Waals surface area contributed by atoms with Crippen molar-refractivity contribution in [3.63, 3.8) is 0 Å². The number of aryl methyl sites for hydroxylation is 1. The number of carbonyl (C=O) groups excluding carboxylic acids is 2. The van der Waals surface area contributed by atoms with Gasteiger partial charge in [0.1, 0.15) is 12.6 Å². The van der Waals surface area contributed by atoms with Gasteiger partial charge in [0.25, 0.3) is 0 Å². The van der Waals surface area contributed by atoms with Crippen LogP contribution in [0, 0.1) is 13.8 Å². The number of amides is 2. The number of anilines is 1. The van der Waals surface area contributed by atoms with Gasteiger partial charge in [-0.25, -0.2) is 8.42 Å². The Morgan fingerprint density at radius 2 is 1.71 bits per heavy atom. The maximum Gasteiger partial charge on any atom is 0.244 e. The Morgan fingerprint density at radius 3 is 2.29 bits per heavy atom. The summed E-state index contributed by atoms with van der Waals surface area (Å²) in [6, 6.07) is 9.31. The van der Waals surface area contributed by atoms with Gasteiger partial charge in [0.2, 0.25) is 21.8 Å². The Morgan fingerprint density at radius 1 is 1.06 bits per heavy atom. The van der Waals surface area contributed by atoms with Crippen LogP contribution in [0.1, 0.15) is 43.9 Å². The minimum atomic E-state index is -3.79. The summed E-state index contributed by atoms with van der Waals surface area (Å²) in [7, 11) is -3.79. The van der Waals surface area contributed by atoms with E-state index in [2.05, 4.69) is 5.32 Å². The number of nitrogens with zero attached hydrogens (tertiary/aromatic N) is 2. The van der Waals surface area contributed by atoms with Gasteiger partial charge in [-0.1, -0.05) is 48.3 Å². The number of hydrogen-bond donors (Lipinski definition) is 1. The average Bonchev–Trinajstić information content (AvgIpc) is 2.78. The van der Waals surface area contributed by atoms with E-state index in [-0.39, 0.29) is 18.5 Å². The Labute approximate surface area is 218 Å². The highest BCUT2D eigenvalue weighted by molar-refractivity contribution is 7.92. The van der Waals surface area contributed by atoms with Crippen LogP contribution >= 0.6 is 23.2 Å². The third kappa shape index (κ3) is 7.59. The van der Waals surface area contributed by atoms with Crippen molar-refractivity contribution in [1.82, 2.24) is 10.2 Å². The van der Waals surface area contributed by atoms with Crippen molar-refractivity contribution in [2.75, 3.05) is 17.1 Å². The first-order valence-corrected chi connectivity index (χ1v) is 13.9. The predicted molar refractivity (Wildman–Crippen MR) is 142 cm³/mol. The number of hydrogen-bond acceptors (Lipinski definition) is 4. The SMILES string of the molecule is CCC(C)NC(=O)C(C)N(Cc1ccc(Cl)c(Cl)c1)C(=O)CN(c1cccc(C)c1C)S(C)(=O)=O. The van der Waals surface area contributed by atoms with Gasteiger partial charge in [0, 0.05) is 12.6 Å². The van der Waals surface area contributed by atoms with Crippen molar-refractivity contribution in [2.45, 2.75) is 59.7 Å². The fraction of sp³-hybridized carbons (Fsp3) is 0.440. The zero-order valence-electron chi connectivity index (χ0n) is 20.9. The summed E-state index contributed by atoms with van der Waals surface area (Å²) in [4.78, 5) is 27.9. The summed E-state index contributed by atoms with van der Waals surface area (Å²) < 4.78 is 26.5. The largest absolute Gasteiger partial charge is 0.352 e. The molecule has 0 heterocycles. The Hall–Kier alpha value is -2.29. The smallest absolute Gasteiger partial charge is 0.244 e. The molecule has 0 aromatic heterocycles. The van der Waals surface area contributed by atoms with Crippen LogP contribution in [0.5, 0.6) is 0 Å². The Kier molecular flexibility index (Phi) is 10.0. The van der Waals surface area contributed by atoms with Gasteiger partial charge in [-0.3, -0.25) is 13.9 Å². The summed E-state index contributed by atoms with van der Waals surface area (Å²) in [6.45, 7) is 8.72.